The summed E-state index contributed by atoms with van der Waals surface area (Å²) in [6.07, 6.45) is 1.87. The van der Waals surface area contributed by atoms with Gasteiger partial charge in [-0.15, -0.1) is 0 Å². The fraction of sp³-hybridized carbons (Fsp3) is 0.571. The summed E-state index contributed by atoms with van der Waals surface area (Å²) in [5, 5.41) is 7.18. The van der Waals surface area contributed by atoms with Crippen LogP contribution in [-0.4, -0.2) is 53.8 Å². The lowest BCUT2D eigenvalue weighted by Gasteiger charge is -2.32. The largest absolute Gasteiger partial charge is 0.493 e. The number of ether oxygens (including phenoxy) is 2. The molecule has 2 aromatic rings. The molecule has 1 fully saturated rings. The van der Waals surface area contributed by atoms with Crippen LogP contribution in [0.5, 0.6) is 11.5 Å². The number of likely N-dealkylation sites (tertiary alicyclic amines) is 1. The van der Waals surface area contributed by atoms with Crippen LogP contribution < -0.4 is 14.8 Å². The number of aromatic nitrogens is 2. The van der Waals surface area contributed by atoms with Gasteiger partial charge in [-0.05, 0) is 58.4 Å². The molecule has 1 aliphatic heterocycles. The molecule has 0 aliphatic carbocycles. The molecular formula is C21H30N4O4. The number of rotatable bonds is 6. The number of carbonyl (C=O) groups excluding carboxylic acids is 1. The fourth-order valence-corrected chi connectivity index (χ4v) is 3.49. The molecule has 1 aromatic heterocycles. The summed E-state index contributed by atoms with van der Waals surface area (Å²) >= 11 is 0. The number of carbonyl (C=O) groups is 1. The molecule has 0 bridgehead atoms. The van der Waals surface area contributed by atoms with Crippen LogP contribution in [0.3, 0.4) is 0 Å². The van der Waals surface area contributed by atoms with Gasteiger partial charge in [-0.3, -0.25) is 9.69 Å². The number of hydrogen-bond acceptors (Lipinski definition) is 7. The number of piperidine rings is 1. The maximum absolute atomic E-state index is 12.5. The predicted octanol–water partition coefficient (Wildman–Crippen LogP) is 2.88. The lowest BCUT2D eigenvalue weighted by atomic mass is 9.95. The van der Waals surface area contributed by atoms with E-state index in [9.17, 15) is 4.79 Å². The number of nitrogens with zero attached hydrogens (tertiary/aromatic N) is 3. The topological polar surface area (TPSA) is 89.7 Å². The molecule has 1 aliphatic rings. The molecule has 0 spiro atoms. The van der Waals surface area contributed by atoms with Gasteiger partial charge in [-0.2, -0.15) is 4.98 Å². The maximum Gasteiger partial charge on any atom is 0.241 e. The molecule has 29 heavy (non-hydrogen) atoms. The first-order valence-electron chi connectivity index (χ1n) is 9.88. The summed E-state index contributed by atoms with van der Waals surface area (Å²) in [6.45, 7) is 8.13. The quantitative estimate of drug-likeness (QED) is 0.794. The predicted molar refractivity (Wildman–Crippen MR) is 109 cm³/mol. The van der Waals surface area contributed by atoms with Gasteiger partial charge in [0.2, 0.25) is 17.6 Å². The molecule has 0 radical (unpaired) electrons. The van der Waals surface area contributed by atoms with Crippen molar-refractivity contribution in [1.29, 1.82) is 0 Å². The molecule has 1 aromatic carbocycles. The van der Waals surface area contributed by atoms with Crippen molar-refractivity contribution in [2.24, 2.45) is 5.92 Å². The lowest BCUT2D eigenvalue weighted by Crippen LogP contribution is -2.48. The monoisotopic (exact) mass is 402 g/mol. The molecule has 1 N–H and O–H groups in total. The first-order valence-corrected chi connectivity index (χ1v) is 9.88. The van der Waals surface area contributed by atoms with Crippen molar-refractivity contribution in [1.82, 2.24) is 20.4 Å². The molecule has 8 heteroatoms. The smallest absolute Gasteiger partial charge is 0.241 e. The summed E-state index contributed by atoms with van der Waals surface area (Å²) in [6, 6.07) is 5.50. The Morgan fingerprint density at radius 3 is 2.72 bits per heavy atom. The SMILES string of the molecule is COc1ccc(-c2noc(CN3CCCC(C(=O)NC(C)(C)C)C3)n2)cc1OC. The summed E-state index contributed by atoms with van der Waals surface area (Å²) in [7, 11) is 3.18. The van der Waals surface area contributed by atoms with Crippen LogP contribution in [0.2, 0.25) is 0 Å². The minimum absolute atomic E-state index is 0.0174. The van der Waals surface area contributed by atoms with Gasteiger partial charge in [-0.1, -0.05) is 5.16 Å². The van der Waals surface area contributed by atoms with E-state index in [1.165, 1.54) is 0 Å². The van der Waals surface area contributed by atoms with Gasteiger partial charge < -0.3 is 19.3 Å². The molecule has 2 heterocycles. The maximum atomic E-state index is 12.5. The van der Waals surface area contributed by atoms with Crippen LogP contribution in [0, 0.1) is 5.92 Å². The highest BCUT2D eigenvalue weighted by Crippen LogP contribution is 2.31. The second kappa shape index (κ2) is 8.82. The highest BCUT2D eigenvalue weighted by Gasteiger charge is 2.28. The van der Waals surface area contributed by atoms with E-state index in [1.54, 1.807) is 14.2 Å². The Bertz CT molecular complexity index is 843. The van der Waals surface area contributed by atoms with Crippen LogP contribution >= 0.6 is 0 Å². The van der Waals surface area contributed by atoms with Gasteiger partial charge in [0.1, 0.15) is 0 Å². The van der Waals surface area contributed by atoms with E-state index in [-0.39, 0.29) is 17.4 Å². The molecule has 8 nitrogen and oxygen atoms in total. The second-order valence-corrected chi connectivity index (χ2v) is 8.40. The Labute approximate surface area is 171 Å². The average Bonchev–Trinajstić information content (AvgIpc) is 3.14. The highest BCUT2D eigenvalue weighted by atomic mass is 16.5. The number of methoxy groups -OCH3 is 2. The van der Waals surface area contributed by atoms with Gasteiger partial charge in [0, 0.05) is 17.6 Å². The Morgan fingerprint density at radius 1 is 1.28 bits per heavy atom. The Morgan fingerprint density at radius 2 is 2.03 bits per heavy atom. The number of amides is 1. The van der Waals surface area contributed by atoms with E-state index in [4.69, 9.17) is 14.0 Å². The third-order valence-corrected chi connectivity index (χ3v) is 4.84. The molecule has 3 rings (SSSR count). The number of benzene rings is 1. The van der Waals surface area contributed by atoms with Crippen LogP contribution in [0.4, 0.5) is 0 Å². The standard InChI is InChI=1S/C21H30N4O4/c1-21(2,3)23-20(26)15-7-6-10-25(12-15)13-18-22-19(24-29-18)14-8-9-16(27-4)17(11-14)28-5/h8-9,11,15H,6-7,10,12-13H2,1-5H3,(H,23,26). The van der Waals surface area contributed by atoms with Gasteiger partial charge >= 0.3 is 0 Å². The van der Waals surface area contributed by atoms with Gasteiger partial charge in [-0.25, -0.2) is 0 Å². The summed E-state index contributed by atoms with van der Waals surface area (Å²) in [5.74, 6) is 2.38. The Kier molecular flexibility index (Phi) is 6.42. The van der Waals surface area contributed by atoms with Crippen molar-refractivity contribution in [3.8, 4) is 22.9 Å². The van der Waals surface area contributed by atoms with Crippen molar-refractivity contribution in [3.05, 3.63) is 24.1 Å². The van der Waals surface area contributed by atoms with Crippen LogP contribution in [-0.2, 0) is 11.3 Å². The molecule has 1 atom stereocenters. The minimum Gasteiger partial charge on any atom is -0.493 e. The van der Waals surface area contributed by atoms with E-state index < -0.39 is 0 Å². The zero-order valence-electron chi connectivity index (χ0n) is 17.8. The number of nitrogens with one attached hydrogen (secondary N) is 1. The van der Waals surface area contributed by atoms with Gasteiger partial charge in [0.05, 0.1) is 26.7 Å². The van der Waals surface area contributed by atoms with Crippen molar-refractivity contribution in [2.75, 3.05) is 27.3 Å². The van der Waals surface area contributed by atoms with Gasteiger partial charge in [0.25, 0.3) is 0 Å². The van der Waals surface area contributed by atoms with Crippen molar-refractivity contribution in [2.45, 2.75) is 45.7 Å². The fourth-order valence-electron chi connectivity index (χ4n) is 3.49. The van der Waals surface area contributed by atoms with E-state index >= 15 is 0 Å². The van der Waals surface area contributed by atoms with Gasteiger partial charge in [0.15, 0.2) is 11.5 Å². The van der Waals surface area contributed by atoms with E-state index in [0.29, 0.717) is 36.3 Å². The van der Waals surface area contributed by atoms with E-state index in [2.05, 4.69) is 20.4 Å². The Hall–Kier alpha value is -2.61. The summed E-state index contributed by atoms with van der Waals surface area (Å²) in [5.41, 5.74) is 0.568. The molecule has 158 valence electrons. The molecular weight excluding hydrogens is 372 g/mol. The average molecular weight is 402 g/mol. The minimum atomic E-state index is -0.222. The van der Waals surface area contributed by atoms with Crippen molar-refractivity contribution >= 4 is 5.91 Å². The summed E-state index contributed by atoms with van der Waals surface area (Å²) in [4.78, 5) is 19.2. The number of hydrogen-bond donors (Lipinski definition) is 1. The first-order chi connectivity index (χ1) is 13.8. The van der Waals surface area contributed by atoms with Crippen molar-refractivity contribution < 1.29 is 18.8 Å². The van der Waals surface area contributed by atoms with E-state index in [0.717, 1.165) is 24.9 Å². The van der Waals surface area contributed by atoms with E-state index in [1.807, 2.05) is 39.0 Å². The van der Waals surface area contributed by atoms with Crippen molar-refractivity contribution in [3.63, 3.8) is 0 Å². The summed E-state index contributed by atoms with van der Waals surface area (Å²) < 4.78 is 16.1. The molecule has 0 saturated carbocycles. The third-order valence-electron chi connectivity index (χ3n) is 4.84. The zero-order chi connectivity index (χ0) is 21.0. The highest BCUT2D eigenvalue weighted by molar-refractivity contribution is 5.79. The van der Waals surface area contributed by atoms with Crippen LogP contribution in [0.15, 0.2) is 22.7 Å². The normalized spacial score (nSPS) is 17.8. The molecule has 1 unspecified atom stereocenters. The third kappa shape index (κ3) is 5.47. The van der Waals surface area contributed by atoms with Crippen LogP contribution in [0.1, 0.15) is 39.5 Å². The molecule has 1 amide bonds. The zero-order valence-corrected chi connectivity index (χ0v) is 17.8. The second-order valence-electron chi connectivity index (χ2n) is 8.40. The molecule has 1 saturated heterocycles. The Balaban J connectivity index is 1.65. The lowest BCUT2D eigenvalue weighted by molar-refractivity contribution is -0.128. The van der Waals surface area contributed by atoms with Crippen LogP contribution in [0.25, 0.3) is 11.4 Å². The first kappa shape index (κ1) is 21.1.